The Labute approximate surface area is 115 Å². The molecule has 0 bridgehead atoms. The maximum absolute atomic E-state index is 9.08. The van der Waals surface area contributed by atoms with Gasteiger partial charge in [-0.15, -0.1) is 0 Å². The van der Waals surface area contributed by atoms with Crippen LogP contribution in [0.5, 0.6) is 0 Å². The second-order valence-corrected chi connectivity index (χ2v) is 4.53. The van der Waals surface area contributed by atoms with Crippen LogP contribution >= 0.6 is 0 Å². The van der Waals surface area contributed by atoms with E-state index in [0.717, 1.165) is 11.1 Å². The molecule has 0 aliphatic rings. The van der Waals surface area contributed by atoms with Crippen LogP contribution in [0.2, 0.25) is 0 Å². The Balaban J connectivity index is 2.12. The predicted octanol–water partition coefficient (Wildman–Crippen LogP) is -0.175. The maximum Gasteiger partial charge on any atom is 0.223 e. The molecule has 0 atom stereocenters. The molecular formula is C13H16N2O5. The van der Waals surface area contributed by atoms with Gasteiger partial charge in [0.2, 0.25) is 11.7 Å². The molecule has 0 aliphatic heterocycles. The Bertz CT molecular complexity index is 542. The van der Waals surface area contributed by atoms with E-state index in [1.54, 1.807) is 31.2 Å². The van der Waals surface area contributed by atoms with Crippen LogP contribution in [0, 0.1) is 12.8 Å². The summed E-state index contributed by atoms with van der Waals surface area (Å²) in [5.74, 6) is -0.126. The molecule has 0 fully saturated rings. The molecule has 2 rings (SSSR count). The van der Waals surface area contributed by atoms with Gasteiger partial charge in [-0.1, -0.05) is 29.4 Å². The number of hydrogen-bond donors (Lipinski definition) is 4. The van der Waals surface area contributed by atoms with Crippen molar-refractivity contribution in [2.75, 3.05) is 0 Å². The summed E-state index contributed by atoms with van der Waals surface area (Å²) in [5.41, 5.74) is 1.50. The summed E-state index contributed by atoms with van der Waals surface area (Å²) >= 11 is 0. The smallest absolute Gasteiger partial charge is 0.223 e. The van der Waals surface area contributed by atoms with E-state index < -0.39 is 18.5 Å². The average molecular weight is 280 g/mol. The van der Waals surface area contributed by atoms with Crippen LogP contribution in [0.15, 0.2) is 28.8 Å². The lowest BCUT2D eigenvalue weighted by Crippen LogP contribution is -2.33. The number of benzene rings is 1. The summed E-state index contributed by atoms with van der Waals surface area (Å²) < 4.78 is 4.88. The molecule has 20 heavy (non-hydrogen) atoms. The number of aliphatic hydroxyl groups excluding tert-OH is 2. The Kier molecular flexibility index (Phi) is 4.46. The summed E-state index contributed by atoms with van der Waals surface area (Å²) in [4.78, 5) is 4.09. The van der Waals surface area contributed by atoms with Gasteiger partial charge >= 0.3 is 0 Å². The molecule has 2 aromatic rings. The second-order valence-electron chi connectivity index (χ2n) is 4.53. The molecule has 0 unspecified atom stereocenters. The van der Waals surface area contributed by atoms with Crippen molar-refractivity contribution in [2.45, 2.75) is 25.9 Å². The maximum atomic E-state index is 9.08. The van der Waals surface area contributed by atoms with Crippen LogP contribution < -0.4 is 0 Å². The molecule has 0 saturated heterocycles. The average Bonchev–Trinajstić information content (AvgIpc) is 2.82. The van der Waals surface area contributed by atoms with Gasteiger partial charge in [-0.05, 0) is 12.0 Å². The fourth-order valence-corrected chi connectivity index (χ4v) is 1.84. The molecule has 0 amide bonds. The predicted molar refractivity (Wildman–Crippen MR) is 68.1 cm³/mol. The quantitative estimate of drug-likeness (QED) is 0.561. The summed E-state index contributed by atoms with van der Waals surface area (Å²) in [7, 11) is 0. The largest absolute Gasteiger partial charge is 0.368 e. The van der Waals surface area contributed by atoms with Gasteiger partial charge in [-0.3, -0.25) is 0 Å². The highest BCUT2D eigenvalue weighted by Crippen LogP contribution is 2.19. The molecule has 0 radical (unpaired) electrons. The molecule has 4 N–H and O–H groups in total. The molecule has 108 valence electrons. The van der Waals surface area contributed by atoms with Gasteiger partial charge in [0.05, 0.1) is 5.92 Å². The number of rotatable bonds is 5. The fraction of sp³-hybridized carbons (Fsp3) is 0.385. The number of hydrogen-bond acceptors (Lipinski definition) is 7. The van der Waals surface area contributed by atoms with Crippen LogP contribution in [0.3, 0.4) is 0 Å². The lowest BCUT2D eigenvalue weighted by Gasteiger charge is -2.20. The van der Waals surface area contributed by atoms with Gasteiger partial charge in [0, 0.05) is 12.5 Å². The Morgan fingerprint density at radius 3 is 2.10 bits per heavy atom. The highest BCUT2D eigenvalue weighted by Gasteiger charge is 2.24. The molecule has 7 heteroatoms. The van der Waals surface area contributed by atoms with Gasteiger partial charge in [-0.25, -0.2) is 0 Å². The van der Waals surface area contributed by atoms with Crippen LogP contribution in [0.25, 0.3) is 11.4 Å². The first-order valence-electron chi connectivity index (χ1n) is 6.09. The summed E-state index contributed by atoms with van der Waals surface area (Å²) in [5, 5.41) is 40.1. The van der Waals surface area contributed by atoms with E-state index in [-0.39, 0.29) is 6.42 Å². The standard InChI is InChI=1S/C13H16N2O5/c1-7-14-11(15-20-7)9-4-2-8(3-5-9)6-10(12(16)17)13(18)19/h2-5,10,12-13,16-19H,6H2,1H3. The van der Waals surface area contributed by atoms with Crippen LogP contribution in [-0.2, 0) is 6.42 Å². The third kappa shape index (κ3) is 3.40. The molecule has 0 aliphatic carbocycles. The zero-order valence-corrected chi connectivity index (χ0v) is 10.8. The minimum atomic E-state index is -1.80. The van der Waals surface area contributed by atoms with E-state index in [2.05, 4.69) is 10.1 Å². The molecule has 0 spiro atoms. The SMILES string of the molecule is Cc1nc(-c2ccc(CC(C(O)O)C(O)O)cc2)no1. The van der Waals surface area contributed by atoms with Crippen molar-refractivity contribution in [3.05, 3.63) is 35.7 Å². The number of aromatic nitrogens is 2. The van der Waals surface area contributed by atoms with Crippen LogP contribution in [-0.4, -0.2) is 43.1 Å². The third-order valence-corrected chi connectivity index (χ3v) is 2.98. The van der Waals surface area contributed by atoms with Crippen molar-refractivity contribution < 1.29 is 24.9 Å². The van der Waals surface area contributed by atoms with Crippen molar-refractivity contribution in [1.29, 1.82) is 0 Å². The van der Waals surface area contributed by atoms with Crippen molar-refractivity contribution in [1.82, 2.24) is 10.1 Å². The highest BCUT2D eigenvalue weighted by atomic mass is 16.5. The first-order valence-corrected chi connectivity index (χ1v) is 6.09. The summed E-state index contributed by atoms with van der Waals surface area (Å²) in [6, 6.07) is 6.98. The van der Waals surface area contributed by atoms with Gasteiger partial charge in [0.1, 0.15) is 0 Å². The van der Waals surface area contributed by atoms with Gasteiger partial charge < -0.3 is 24.9 Å². The van der Waals surface area contributed by atoms with Crippen molar-refractivity contribution in [3.8, 4) is 11.4 Å². The third-order valence-electron chi connectivity index (χ3n) is 2.98. The molecule has 1 aromatic heterocycles. The van der Waals surface area contributed by atoms with E-state index in [1.807, 2.05) is 0 Å². The Hall–Kier alpha value is -1.80. The van der Waals surface area contributed by atoms with Crippen molar-refractivity contribution >= 4 is 0 Å². The zero-order chi connectivity index (χ0) is 14.7. The monoisotopic (exact) mass is 280 g/mol. The van der Waals surface area contributed by atoms with Crippen LogP contribution in [0.4, 0.5) is 0 Å². The minimum Gasteiger partial charge on any atom is -0.368 e. The number of aryl methyl sites for hydroxylation is 1. The van der Waals surface area contributed by atoms with E-state index in [0.29, 0.717) is 11.7 Å². The van der Waals surface area contributed by atoms with E-state index in [4.69, 9.17) is 24.9 Å². The minimum absolute atomic E-state index is 0.126. The van der Waals surface area contributed by atoms with E-state index >= 15 is 0 Å². The number of nitrogens with zero attached hydrogens (tertiary/aromatic N) is 2. The van der Waals surface area contributed by atoms with Gasteiger partial charge in [0.25, 0.3) is 0 Å². The first-order chi connectivity index (χ1) is 9.47. The van der Waals surface area contributed by atoms with Gasteiger partial charge in [0.15, 0.2) is 12.6 Å². The van der Waals surface area contributed by atoms with Crippen molar-refractivity contribution in [2.24, 2.45) is 5.92 Å². The Morgan fingerprint density at radius 1 is 1.05 bits per heavy atom. The van der Waals surface area contributed by atoms with Crippen molar-refractivity contribution in [3.63, 3.8) is 0 Å². The van der Waals surface area contributed by atoms with Crippen LogP contribution in [0.1, 0.15) is 11.5 Å². The lowest BCUT2D eigenvalue weighted by molar-refractivity contribution is -0.177. The fourth-order valence-electron chi connectivity index (χ4n) is 1.84. The molecular weight excluding hydrogens is 264 g/mol. The lowest BCUT2D eigenvalue weighted by atomic mass is 9.97. The van der Waals surface area contributed by atoms with E-state index in [9.17, 15) is 0 Å². The van der Waals surface area contributed by atoms with Gasteiger partial charge in [-0.2, -0.15) is 4.98 Å². The number of aliphatic hydroxyl groups is 4. The Morgan fingerprint density at radius 2 is 1.65 bits per heavy atom. The summed E-state index contributed by atoms with van der Waals surface area (Å²) in [6.07, 6.45) is -3.47. The summed E-state index contributed by atoms with van der Waals surface area (Å²) in [6.45, 7) is 1.70. The first kappa shape index (κ1) is 14.6. The molecule has 7 nitrogen and oxygen atoms in total. The zero-order valence-electron chi connectivity index (χ0n) is 10.8. The van der Waals surface area contributed by atoms with E-state index in [1.165, 1.54) is 0 Å². The normalized spacial score (nSPS) is 11.8. The topological polar surface area (TPSA) is 120 Å². The highest BCUT2D eigenvalue weighted by molar-refractivity contribution is 5.54. The second kappa shape index (κ2) is 6.10. The molecule has 1 aromatic carbocycles. The molecule has 1 heterocycles. The molecule has 0 saturated carbocycles.